The normalized spacial score (nSPS) is 10.4. The Labute approximate surface area is 123 Å². The maximum absolute atomic E-state index is 11.1. The molecule has 0 atom stereocenters. The van der Waals surface area contributed by atoms with Crippen molar-refractivity contribution in [3.05, 3.63) is 44.1 Å². The lowest BCUT2D eigenvalue weighted by Gasteiger charge is -2.10. The third-order valence-corrected chi connectivity index (χ3v) is 4.34. The third kappa shape index (κ3) is 3.27. The summed E-state index contributed by atoms with van der Waals surface area (Å²) in [5.41, 5.74) is 7.72. The number of nitrogens with one attached hydrogen (secondary N) is 1. The van der Waals surface area contributed by atoms with Crippen LogP contribution >= 0.6 is 27.3 Å². The summed E-state index contributed by atoms with van der Waals surface area (Å²) in [4.78, 5) is 12.3. The number of nitrogen functional groups attached to an aromatic ring is 1. The van der Waals surface area contributed by atoms with E-state index in [4.69, 9.17) is 10.8 Å². The highest BCUT2D eigenvalue weighted by atomic mass is 79.9. The molecule has 0 aliphatic heterocycles. The Morgan fingerprint density at radius 1 is 1.47 bits per heavy atom. The van der Waals surface area contributed by atoms with Gasteiger partial charge in [0.2, 0.25) is 0 Å². The summed E-state index contributed by atoms with van der Waals surface area (Å²) in [6.07, 6.45) is 0. The lowest BCUT2D eigenvalue weighted by Crippen LogP contribution is -2.06. The van der Waals surface area contributed by atoms with Crippen LogP contribution in [0.25, 0.3) is 0 Å². The molecule has 0 radical (unpaired) electrons. The monoisotopic (exact) mass is 340 g/mol. The van der Waals surface area contributed by atoms with Gasteiger partial charge in [-0.15, -0.1) is 11.3 Å². The topological polar surface area (TPSA) is 75.3 Å². The molecular formula is C13H13BrN2O2S. The summed E-state index contributed by atoms with van der Waals surface area (Å²) in [6.45, 7) is 2.45. The number of hydrogen-bond donors (Lipinski definition) is 3. The van der Waals surface area contributed by atoms with E-state index >= 15 is 0 Å². The van der Waals surface area contributed by atoms with Gasteiger partial charge in [0, 0.05) is 22.8 Å². The van der Waals surface area contributed by atoms with Gasteiger partial charge < -0.3 is 16.2 Å². The van der Waals surface area contributed by atoms with Crippen molar-refractivity contribution in [2.24, 2.45) is 0 Å². The first kappa shape index (κ1) is 13.9. The minimum Gasteiger partial charge on any atom is -0.478 e. The molecule has 100 valence electrons. The molecule has 1 heterocycles. The molecule has 0 aliphatic carbocycles. The zero-order valence-corrected chi connectivity index (χ0v) is 12.6. The molecule has 0 spiro atoms. The standard InChI is InChI=1S/C13H13BrN2O2S/c1-7-4-8(5-10(12(7)15)13(17)18)16-6-9-2-3-11(14)19-9/h2-5,16H,6,15H2,1H3,(H,17,18). The molecule has 0 aliphatic rings. The first-order valence-corrected chi connectivity index (χ1v) is 7.20. The van der Waals surface area contributed by atoms with E-state index in [2.05, 4.69) is 21.2 Å². The molecule has 0 saturated carbocycles. The van der Waals surface area contributed by atoms with Gasteiger partial charge in [0.1, 0.15) is 0 Å². The molecule has 0 amide bonds. The fourth-order valence-electron chi connectivity index (χ4n) is 1.71. The molecule has 6 heteroatoms. The summed E-state index contributed by atoms with van der Waals surface area (Å²) in [5, 5.41) is 12.3. The van der Waals surface area contributed by atoms with E-state index in [0.717, 1.165) is 15.0 Å². The van der Waals surface area contributed by atoms with E-state index in [1.165, 1.54) is 4.88 Å². The van der Waals surface area contributed by atoms with Gasteiger partial charge in [0.05, 0.1) is 9.35 Å². The molecule has 0 bridgehead atoms. The highest BCUT2D eigenvalue weighted by Crippen LogP contribution is 2.25. The minimum absolute atomic E-state index is 0.134. The number of carbonyl (C=O) groups is 1. The van der Waals surface area contributed by atoms with Crippen LogP contribution in [0.3, 0.4) is 0 Å². The summed E-state index contributed by atoms with van der Waals surface area (Å²) in [5.74, 6) is -1.01. The van der Waals surface area contributed by atoms with Crippen LogP contribution in [-0.4, -0.2) is 11.1 Å². The number of rotatable bonds is 4. The van der Waals surface area contributed by atoms with Gasteiger partial charge in [-0.3, -0.25) is 0 Å². The number of aromatic carboxylic acids is 1. The zero-order valence-electron chi connectivity index (χ0n) is 10.2. The van der Waals surface area contributed by atoms with Gasteiger partial charge in [-0.2, -0.15) is 0 Å². The second-order valence-corrected chi connectivity index (χ2v) is 6.67. The molecule has 4 nitrogen and oxygen atoms in total. The molecular weight excluding hydrogens is 328 g/mol. The van der Waals surface area contributed by atoms with Crippen LogP contribution in [0.1, 0.15) is 20.8 Å². The quantitative estimate of drug-likeness (QED) is 0.741. The van der Waals surface area contributed by atoms with E-state index in [9.17, 15) is 4.79 Å². The number of carboxylic acid groups (broad SMARTS) is 1. The molecule has 0 saturated heterocycles. The second kappa shape index (κ2) is 5.63. The Hall–Kier alpha value is -1.53. The van der Waals surface area contributed by atoms with Crippen LogP contribution in [0.15, 0.2) is 28.1 Å². The molecule has 0 unspecified atom stereocenters. The minimum atomic E-state index is -1.01. The first-order valence-electron chi connectivity index (χ1n) is 5.59. The molecule has 19 heavy (non-hydrogen) atoms. The highest BCUT2D eigenvalue weighted by molar-refractivity contribution is 9.11. The van der Waals surface area contributed by atoms with Crippen LogP contribution in [0, 0.1) is 6.92 Å². The van der Waals surface area contributed by atoms with Crippen molar-refractivity contribution in [2.75, 3.05) is 11.1 Å². The maximum atomic E-state index is 11.1. The van der Waals surface area contributed by atoms with Crippen LogP contribution in [-0.2, 0) is 6.54 Å². The van der Waals surface area contributed by atoms with E-state index < -0.39 is 5.97 Å². The van der Waals surface area contributed by atoms with E-state index in [0.29, 0.717) is 12.2 Å². The van der Waals surface area contributed by atoms with Crippen molar-refractivity contribution in [1.82, 2.24) is 0 Å². The van der Waals surface area contributed by atoms with Crippen molar-refractivity contribution in [1.29, 1.82) is 0 Å². The maximum Gasteiger partial charge on any atom is 0.337 e. The predicted molar refractivity (Wildman–Crippen MR) is 81.9 cm³/mol. The molecule has 1 aromatic heterocycles. The van der Waals surface area contributed by atoms with Gasteiger partial charge in [0.15, 0.2) is 0 Å². The smallest absolute Gasteiger partial charge is 0.337 e. The number of thiophene rings is 1. The van der Waals surface area contributed by atoms with E-state index in [-0.39, 0.29) is 5.56 Å². The Balaban J connectivity index is 2.19. The SMILES string of the molecule is Cc1cc(NCc2ccc(Br)s2)cc(C(=O)O)c1N. The number of benzene rings is 1. The van der Waals surface area contributed by atoms with Gasteiger partial charge in [-0.05, 0) is 52.7 Å². The Morgan fingerprint density at radius 3 is 2.79 bits per heavy atom. The molecule has 2 rings (SSSR count). The van der Waals surface area contributed by atoms with Gasteiger partial charge in [-0.1, -0.05) is 0 Å². The first-order chi connectivity index (χ1) is 8.97. The Bertz CT molecular complexity index is 625. The number of aryl methyl sites for hydroxylation is 1. The van der Waals surface area contributed by atoms with Gasteiger partial charge in [0.25, 0.3) is 0 Å². The largest absolute Gasteiger partial charge is 0.478 e. The number of anilines is 2. The van der Waals surface area contributed by atoms with Crippen LogP contribution in [0.2, 0.25) is 0 Å². The fourth-order valence-corrected chi connectivity index (χ4v) is 3.14. The van der Waals surface area contributed by atoms with E-state index in [1.54, 1.807) is 24.3 Å². The molecule has 0 fully saturated rings. The van der Waals surface area contributed by atoms with Crippen molar-refractivity contribution in [3.63, 3.8) is 0 Å². The van der Waals surface area contributed by atoms with Gasteiger partial charge >= 0.3 is 5.97 Å². The number of halogens is 1. The van der Waals surface area contributed by atoms with Crippen LogP contribution in [0.4, 0.5) is 11.4 Å². The Kier molecular flexibility index (Phi) is 4.11. The fraction of sp³-hybridized carbons (Fsp3) is 0.154. The second-order valence-electron chi connectivity index (χ2n) is 4.12. The third-order valence-electron chi connectivity index (χ3n) is 2.71. The van der Waals surface area contributed by atoms with Gasteiger partial charge in [-0.25, -0.2) is 4.79 Å². The summed E-state index contributed by atoms with van der Waals surface area (Å²) >= 11 is 5.04. The lowest BCUT2D eigenvalue weighted by molar-refractivity contribution is 0.0698. The molecule has 4 N–H and O–H groups in total. The number of hydrogen-bond acceptors (Lipinski definition) is 4. The number of carboxylic acids is 1. The lowest BCUT2D eigenvalue weighted by atomic mass is 10.1. The Morgan fingerprint density at radius 2 is 2.21 bits per heavy atom. The van der Waals surface area contributed by atoms with Crippen molar-refractivity contribution < 1.29 is 9.90 Å². The molecule has 2 aromatic rings. The van der Waals surface area contributed by atoms with E-state index in [1.807, 2.05) is 18.2 Å². The predicted octanol–water partition coefficient (Wildman–Crippen LogP) is 3.71. The van der Waals surface area contributed by atoms with Crippen LogP contribution in [0.5, 0.6) is 0 Å². The van der Waals surface area contributed by atoms with Crippen molar-refractivity contribution >= 4 is 44.6 Å². The average Bonchev–Trinajstić information content (AvgIpc) is 2.76. The summed E-state index contributed by atoms with van der Waals surface area (Å²) < 4.78 is 1.07. The number of nitrogens with two attached hydrogens (primary N) is 1. The highest BCUT2D eigenvalue weighted by Gasteiger charge is 2.11. The molecule has 1 aromatic carbocycles. The average molecular weight is 341 g/mol. The van der Waals surface area contributed by atoms with Crippen LogP contribution < -0.4 is 11.1 Å². The summed E-state index contributed by atoms with van der Waals surface area (Å²) in [7, 11) is 0. The summed E-state index contributed by atoms with van der Waals surface area (Å²) in [6, 6.07) is 7.42. The van der Waals surface area contributed by atoms with Crippen molar-refractivity contribution in [2.45, 2.75) is 13.5 Å². The zero-order chi connectivity index (χ0) is 14.0. The van der Waals surface area contributed by atoms with Crippen molar-refractivity contribution in [3.8, 4) is 0 Å².